The molecule has 0 saturated heterocycles. The summed E-state index contributed by atoms with van der Waals surface area (Å²) >= 11 is 1.92. The predicted octanol–water partition coefficient (Wildman–Crippen LogP) is 5.52. The number of anilines is 1. The molecule has 1 nitrogen and oxygen atoms in total. The number of hydrogen-bond acceptors (Lipinski definition) is 2. The first-order chi connectivity index (χ1) is 10.8. The quantitative estimate of drug-likeness (QED) is 0.684. The van der Waals surface area contributed by atoms with Crippen molar-refractivity contribution in [3.05, 3.63) is 77.9 Å². The Hall–Kier alpha value is -1.93. The summed E-state index contributed by atoms with van der Waals surface area (Å²) in [6.07, 6.45) is 8.71. The van der Waals surface area contributed by atoms with Crippen molar-refractivity contribution in [3.63, 3.8) is 0 Å². The molecular weight excluding hydrogens is 286 g/mol. The van der Waals surface area contributed by atoms with E-state index in [1.165, 1.54) is 21.7 Å². The molecule has 112 valence electrons. The molecule has 0 radical (unpaired) electrons. The number of rotatable bonds is 4. The van der Waals surface area contributed by atoms with Crippen LogP contribution in [0.25, 0.3) is 6.08 Å². The average molecular weight is 307 g/mol. The minimum absolute atomic E-state index is 0.394. The van der Waals surface area contributed by atoms with E-state index in [1.54, 1.807) is 0 Å². The third-order valence-electron chi connectivity index (χ3n) is 3.82. The molecule has 1 aliphatic heterocycles. The summed E-state index contributed by atoms with van der Waals surface area (Å²) in [5.74, 6) is 0. The third kappa shape index (κ3) is 3.28. The molecule has 1 heterocycles. The van der Waals surface area contributed by atoms with Crippen molar-refractivity contribution in [2.45, 2.75) is 24.1 Å². The highest BCUT2D eigenvalue weighted by Gasteiger charge is 2.26. The van der Waals surface area contributed by atoms with Gasteiger partial charge < -0.3 is 4.90 Å². The van der Waals surface area contributed by atoms with Crippen LogP contribution in [-0.4, -0.2) is 11.9 Å². The second kappa shape index (κ2) is 6.89. The first-order valence-electron chi connectivity index (χ1n) is 7.72. The lowest BCUT2D eigenvalue weighted by Crippen LogP contribution is -2.27. The molecule has 22 heavy (non-hydrogen) atoms. The summed E-state index contributed by atoms with van der Waals surface area (Å²) < 4.78 is 0. The van der Waals surface area contributed by atoms with E-state index >= 15 is 0 Å². The van der Waals surface area contributed by atoms with Gasteiger partial charge in [-0.05, 0) is 31.5 Å². The van der Waals surface area contributed by atoms with E-state index in [0.717, 1.165) is 6.54 Å². The Kier molecular flexibility index (Phi) is 4.69. The van der Waals surface area contributed by atoms with Gasteiger partial charge >= 0.3 is 0 Å². The summed E-state index contributed by atoms with van der Waals surface area (Å²) in [4.78, 5) is 3.82. The van der Waals surface area contributed by atoms with E-state index in [9.17, 15) is 0 Å². The van der Waals surface area contributed by atoms with Crippen LogP contribution in [0.4, 0.5) is 5.69 Å². The van der Waals surface area contributed by atoms with Gasteiger partial charge in [-0.25, -0.2) is 0 Å². The fourth-order valence-electron chi connectivity index (χ4n) is 2.62. The van der Waals surface area contributed by atoms with Gasteiger partial charge in [0, 0.05) is 11.4 Å². The number of likely N-dealkylation sites (N-methyl/N-ethyl adjacent to an activating group) is 1. The van der Waals surface area contributed by atoms with Crippen molar-refractivity contribution in [3.8, 4) is 0 Å². The van der Waals surface area contributed by atoms with Crippen LogP contribution in [0.5, 0.6) is 0 Å². The number of para-hydroxylation sites is 1. The molecule has 0 spiro atoms. The first-order valence-corrected chi connectivity index (χ1v) is 8.60. The van der Waals surface area contributed by atoms with Gasteiger partial charge in [0.1, 0.15) is 0 Å². The Bertz CT molecular complexity index is 685. The summed E-state index contributed by atoms with van der Waals surface area (Å²) in [6, 6.07) is 17.2. The van der Waals surface area contributed by atoms with E-state index in [2.05, 4.69) is 91.6 Å². The van der Waals surface area contributed by atoms with Crippen molar-refractivity contribution in [1.29, 1.82) is 0 Å². The van der Waals surface area contributed by atoms with Crippen molar-refractivity contribution in [2.75, 3.05) is 11.4 Å². The number of allylic oxidation sites excluding steroid dienone is 2. The minimum atomic E-state index is 0.394. The lowest BCUT2D eigenvalue weighted by Gasteiger charge is -2.22. The van der Waals surface area contributed by atoms with Gasteiger partial charge in [0.15, 0.2) is 0 Å². The van der Waals surface area contributed by atoms with E-state index in [0.29, 0.717) is 5.37 Å². The summed E-state index contributed by atoms with van der Waals surface area (Å²) in [7, 11) is 0. The van der Waals surface area contributed by atoms with Crippen LogP contribution >= 0.6 is 11.8 Å². The normalized spacial score (nSPS) is 17.5. The molecule has 2 aromatic carbocycles. The van der Waals surface area contributed by atoms with E-state index in [-0.39, 0.29) is 0 Å². The monoisotopic (exact) mass is 307 g/mol. The average Bonchev–Trinajstić information content (AvgIpc) is 2.90. The van der Waals surface area contributed by atoms with Crippen molar-refractivity contribution < 1.29 is 0 Å². The van der Waals surface area contributed by atoms with E-state index in [4.69, 9.17) is 0 Å². The Balaban J connectivity index is 1.67. The molecule has 0 N–H and O–H groups in total. The fraction of sp³-hybridized carbons (Fsp3) is 0.200. The number of hydrogen-bond donors (Lipinski definition) is 0. The predicted molar refractivity (Wildman–Crippen MR) is 98.5 cm³/mol. The highest BCUT2D eigenvalue weighted by molar-refractivity contribution is 8.00. The molecule has 0 aromatic heterocycles. The van der Waals surface area contributed by atoms with Crippen LogP contribution in [0.2, 0.25) is 0 Å². The molecule has 1 atom stereocenters. The molecular formula is C20H21NS. The van der Waals surface area contributed by atoms with Gasteiger partial charge in [-0.2, -0.15) is 0 Å². The Morgan fingerprint density at radius 3 is 2.59 bits per heavy atom. The van der Waals surface area contributed by atoms with Crippen molar-refractivity contribution >= 4 is 23.5 Å². The van der Waals surface area contributed by atoms with Crippen LogP contribution in [0.1, 0.15) is 18.1 Å². The molecule has 0 fully saturated rings. The Morgan fingerprint density at radius 1 is 1.05 bits per heavy atom. The second-order valence-electron chi connectivity index (χ2n) is 5.42. The molecule has 0 bridgehead atoms. The maximum atomic E-state index is 2.44. The zero-order valence-electron chi connectivity index (χ0n) is 13.1. The van der Waals surface area contributed by atoms with Crippen LogP contribution in [0.15, 0.2) is 71.7 Å². The van der Waals surface area contributed by atoms with Crippen LogP contribution in [-0.2, 0) is 0 Å². The SMILES string of the molecule is CCN1c2ccccc2SC1/C=C/C=C/c1ccc(C)cc1. The highest BCUT2D eigenvalue weighted by Crippen LogP contribution is 2.43. The van der Waals surface area contributed by atoms with Crippen LogP contribution < -0.4 is 4.90 Å². The lowest BCUT2D eigenvalue weighted by molar-refractivity contribution is 0.878. The smallest absolute Gasteiger partial charge is 0.0985 e. The largest absolute Gasteiger partial charge is 0.355 e. The minimum Gasteiger partial charge on any atom is -0.355 e. The van der Waals surface area contributed by atoms with E-state index < -0.39 is 0 Å². The van der Waals surface area contributed by atoms with Gasteiger partial charge in [0.25, 0.3) is 0 Å². The molecule has 3 rings (SSSR count). The topological polar surface area (TPSA) is 3.24 Å². The Labute approximate surface area is 137 Å². The van der Waals surface area contributed by atoms with Gasteiger partial charge in [-0.3, -0.25) is 0 Å². The maximum Gasteiger partial charge on any atom is 0.0985 e. The molecule has 0 saturated carbocycles. The molecule has 2 aromatic rings. The van der Waals surface area contributed by atoms with Crippen LogP contribution in [0, 0.1) is 6.92 Å². The van der Waals surface area contributed by atoms with Gasteiger partial charge in [-0.15, -0.1) is 0 Å². The number of thioether (sulfide) groups is 1. The molecule has 1 aliphatic rings. The van der Waals surface area contributed by atoms with Gasteiger partial charge in [-0.1, -0.05) is 78.0 Å². The van der Waals surface area contributed by atoms with Crippen molar-refractivity contribution in [2.24, 2.45) is 0 Å². The van der Waals surface area contributed by atoms with Crippen LogP contribution in [0.3, 0.4) is 0 Å². The lowest BCUT2D eigenvalue weighted by atomic mass is 10.1. The van der Waals surface area contributed by atoms with Gasteiger partial charge in [0.2, 0.25) is 0 Å². The summed E-state index contributed by atoms with van der Waals surface area (Å²) in [5.41, 5.74) is 3.89. The molecule has 0 amide bonds. The fourth-order valence-corrected chi connectivity index (χ4v) is 3.90. The van der Waals surface area contributed by atoms with Crippen molar-refractivity contribution in [1.82, 2.24) is 0 Å². The molecule has 1 unspecified atom stereocenters. The third-order valence-corrected chi connectivity index (χ3v) is 5.08. The highest BCUT2D eigenvalue weighted by atomic mass is 32.2. The number of aryl methyl sites for hydroxylation is 1. The number of benzene rings is 2. The van der Waals surface area contributed by atoms with Gasteiger partial charge in [0.05, 0.1) is 11.1 Å². The van der Waals surface area contributed by atoms with E-state index in [1.807, 2.05) is 11.8 Å². The number of nitrogens with zero attached hydrogens (tertiary/aromatic N) is 1. The number of fused-ring (bicyclic) bond motifs is 1. The summed E-state index contributed by atoms with van der Waals surface area (Å²) in [5, 5.41) is 0.394. The molecule has 0 aliphatic carbocycles. The zero-order chi connectivity index (χ0) is 15.4. The zero-order valence-corrected chi connectivity index (χ0v) is 13.9. The Morgan fingerprint density at radius 2 is 1.82 bits per heavy atom. The first kappa shape index (κ1) is 15.0. The maximum absolute atomic E-state index is 2.44. The summed E-state index contributed by atoms with van der Waals surface area (Å²) in [6.45, 7) is 5.36. The standard InChI is InChI=1S/C20H21NS/c1-3-21-18-9-5-6-10-19(18)22-20(21)11-7-4-8-17-14-12-16(2)13-15-17/h4-15,20H,3H2,1-2H3/b8-4+,11-7+. The molecule has 2 heteroatoms. The second-order valence-corrected chi connectivity index (χ2v) is 6.58.